The molecule has 1 rings (SSSR count). The van der Waals surface area contributed by atoms with Crippen molar-refractivity contribution in [3.05, 3.63) is 29.3 Å². The van der Waals surface area contributed by atoms with Crippen LogP contribution in [0.2, 0.25) is 0 Å². The van der Waals surface area contributed by atoms with Gasteiger partial charge in [0.1, 0.15) is 18.9 Å². The maximum absolute atomic E-state index is 5.71. The van der Waals surface area contributed by atoms with E-state index >= 15 is 0 Å². The van der Waals surface area contributed by atoms with Gasteiger partial charge in [0.15, 0.2) is 0 Å². The summed E-state index contributed by atoms with van der Waals surface area (Å²) in [6.45, 7) is 10.5. The summed E-state index contributed by atoms with van der Waals surface area (Å²) in [5, 5.41) is 2.33. The summed E-state index contributed by atoms with van der Waals surface area (Å²) < 4.78 is 5.71. The first-order chi connectivity index (χ1) is 7.63. The Morgan fingerprint density at radius 1 is 1.25 bits per heavy atom. The molecule has 16 heavy (non-hydrogen) atoms. The lowest BCUT2D eigenvalue weighted by molar-refractivity contribution is -0.686. The molecule has 0 spiro atoms. The number of benzene rings is 1. The highest BCUT2D eigenvalue weighted by molar-refractivity contribution is 5.33. The quantitative estimate of drug-likeness (QED) is 0.732. The van der Waals surface area contributed by atoms with Crippen LogP contribution in [0.15, 0.2) is 18.2 Å². The number of ether oxygens (including phenoxy) is 1. The predicted octanol–water partition coefficient (Wildman–Crippen LogP) is 2.04. The molecule has 0 saturated carbocycles. The zero-order valence-corrected chi connectivity index (χ0v) is 10.9. The fourth-order valence-electron chi connectivity index (χ4n) is 1.50. The zero-order chi connectivity index (χ0) is 12.0. The highest BCUT2D eigenvalue weighted by Crippen LogP contribution is 2.15. The van der Waals surface area contributed by atoms with Crippen LogP contribution < -0.4 is 10.1 Å². The summed E-state index contributed by atoms with van der Waals surface area (Å²) in [6.07, 6.45) is 1.21. The molecule has 0 heterocycles. The Morgan fingerprint density at radius 3 is 2.62 bits per heavy atom. The van der Waals surface area contributed by atoms with Gasteiger partial charge in [-0.05, 0) is 50.5 Å². The zero-order valence-electron chi connectivity index (χ0n) is 10.9. The Balaban J connectivity index is 2.29. The van der Waals surface area contributed by atoms with Gasteiger partial charge in [-0.15, -0.1) is 0 Å². The highest BCUT2D eigenvalue weighted by Gasteiger charge is 2.01. The molecule has 0 saturated heterocycles. The van der Waals surface area contributed by atoms with Crippen molar-refractivity contribution in [3.8, 4) is 5.75 Å². The summed E-state index contributed by atoms with van der Waals surface area (Å²) in [7, 11) is 0. The van der Waals surface area contributed by atoms with Gasteiger partial charge in [0.05, 0.1) is 6.04 Å². The van der Waals surface area contributed by atoms with Gasteiger partial charge >= 0.3 is 0 Å². The van der Waals surface area contributed by atoms with Gasteiger partial charge in [-0.3, -0.25) is 0 Å². The lowest BCUT2D eigenvalue weighted by Gasteiger charge is -2.10. The molecule has 0 bridgehead atoms. The SMILES string of the molecule is CC[C@H](C)[NH2+]CCOc1ccc(C)c(C)c1. The van der Waals surface area contributed by atoms with Crippen molar-refractivity contribution in [2.24, 2.45) is 0 Å². The molecule has 0 unspecified atom stereocenters. The molecular formula is C14H24NO+. The van der Waals surface area contributed by atoms with Crippen molar-refractivity contribution >= 4 is 0 Å². The van der Waals surface area contributed by atoms with Crippen molar-refractivity contribution in [3.63, 3.8) is 0 Å². The fourth-order valence-corrected chi connectivity index (χ4v) is 1.50. The number of quaternary nitrogens is 1. The van der Waals surface area contributed by atoms with Crippen LogP contribution in [0, 0.1) is 13.8 Å². The van der Waals surface area contributed by atoms with Crippen molar-refractivity contribution < 1.29 is 10.1 Å². The monoisotopic (exact) mass is 222 g/mol. The van der Waals surface area contributed by atoms with Crippen LogP contribution in [0.25, 0.3) is 0 Å². The predicted molar refractivity (Wildman–Crippen MR) is 68.0 cm³/mol. The maximum Gasteiger partial charge on any atom is 0.137 e. The summed E-state index contributed by atoms with van der Waals surface area (Å²) >= 11 is 0. The molecule has 90 valence electrons. The largest absolute Gasteiger partial charge is 0.488 e. The maximum atomic E-state index is 5.71. The number of hydrogen-bond acceptors (Lipinski definition) is 1. The second kappa shape index (κ2) is 6.54. The second-order valence-electron chi connectivity index (χ2n) is 4.50. The molecule has 2 N–H and O–H groups in total. The van der Waals surface area contributed by atoms with Gasteiger partial charge in [-0.1, -0.05) is 13.0 Å². The Kier molecular flexibility index (Phi) is 5.33. The third kappa shape index (κ3) is 4.23. The number of aryl methyl sites for hydroxylation is 2. The minimum absolute atomic E-state index is 0.698. The van der Waals surface area contributed by atoms with Crippen LogP contribution in [-0.4, -0.2) is 19.2 Å². The molecular weight excluding hydrogens is 198 g/mol. The molecule has 0 aliphatic rings. The minimum Gasteiger partial charge on any atom is -0.488 e. The lowest BCUT2D eigenvalue weighted by Crippen LogP contribution is -2.90. The molecule has 2 nitrogen and oxygen atoms in total. The average molecular weight is 222 g/mol. The minimum atomic E-state index is 0.698. The first kappa shape index (κ1) is 13.0. The van der Waals surface area contributed by atoms with E-state index in [1.165, 1.54) is 17.5 Å². The van der Waals surface area contributed by atoms with Crippen molar-refractivity contribution in [1.29, 1.82) is 0 Å². The number of rotatable bonds is 6. The molecule has 2 heteroatoms. The molecule has 0 radical (unpaired) electrons. The van der Waals surface area contributed by atoms with Gasteiger partial charge in [-0.25, -0.2) is 0 Å². The second-order valence-corrected chi connectivity index (χ2v) is 4.50. The van der Waals surface area contributed by atoms with E-state index in [2.05, 4.69) is 45.1 Å². The third-order valence-electron chi connectivity index (χ3n) is 3.08. The van der Waals surface area contributed by atoms with E-state index in [0.29, 0.717) is 6.04 Å². The summed E-state index contributed by atoms with van der Waals surface area (Å²) in [4.78, 5) is 0. The van der Waals surface area contributed by atoms with E-state index < -0.39 is 0 Å². The van der Waals surface area contributed by atoms with Crippen LogP contribution in [0.3, 0.4) is 0 Å². The van der Waals surface area contributed by atoms with Crippen molar-refractivity contribution in [2.75, 3.05) is 13.2 Å². The standard InChI is InChI=1S/C14H23NO/c1-5-13(4)15-8-9-16-14-7-6-11(2)12(3)10-14/h6-7,10,13,15H,5,8-9H2,1-4H3/p+1/t13-/m0/s1. The van der Waals surface area contributed by atoms with Crippen LogP contribution in [0.1, 0.15) is 31.4 Å². The lowest BCUT2D eigenvalue weighted by atomic mass is 10.1. The first-order valence-electron chi connectivity index (χ1n) is 6.17. The average Bonchev–Trinajstić information content (AvgIpc) is 2.28. The third-order valence-corrected chi connectivity index (χ3v) is 3.08. The van der Waals surface area contributed by atoms with Crippen molar-refractivity contribution in [1.82, 2.24) is 0 Å². The van der Waals surface area contributed by atoms with Crippen LogP contribution in [-0.2, 0) is 0 Å². The molecule has 1 atom stereocenters. The van der Waals surface area contributed by atoms with E-state index in [1.54, 1.807) is 0 Å². The van der Waals surface area contributed by atoms with E-state index in [-0.39, 0.29) is 0 Å². The van der Waals surface area contributed by atoms with Crippen LogP contribution >= 0.6 is 0 Å². The number of hydrogen-bond donors (Lipinski definition) is 1. The smallest absolute Gasteiger partial charge is 0.137 e. The summed E-state index contributed by atoms with van der Waals surface area (Å²) in [5.74, 6) is 0.987. The Morgan fingerprint density at radius 2 is 2.00 bits per heavy atom. The molecule has 0 aromatic heterocycles. The molecule has 0 amide bonds. The topological polar surface area (TPSA) is 25.8 Å². The molecule has 1 aromatic carbocycles. The Bertz CT molecular complexity index is 323. The van der Waals surface area contributed by atoms with Gasteiger partial charge in [0, 0.05) is 0 Å². The van der Waals surface area contributed by atoms with Gasteiger partial charge in [0.25, 0.3) is 0 Å². The first-order valence-corrected chi connectivity index (χ1v) is 6.17. The van der Waals surface area contributed by atoms with E-state index in [4.69, 9.17) is 4.74 Å². The number of nitrogens with two attached hydrogens (primary N) is 1. The highest BCUT2D eigenvalue weighted by atomic mass is 16.5. The summed E-state index contributed by atoms with van der Waals surface area (Å²) in [5.41, 5.74) is 2.61. The molecule has 1 aromatic rings. The summed E-state index contributed by atoms with van der Waals surface area (Å²) in [6, 6.07) is 6.97. The fraction of sp³-hybridized carbons (Fsp3) is 0.571. The molecule has 0 aliphatic carbocycles. The van der Waals surface area contributed by atoms with E-state index in [9.17, 15) is 0 Å². The van der Waals surface area contributed by atoms with Crippen molar-refractivity contribution in [2.45, 2.75) is 40.2 Å². The molecule has 0 fully saturated rings. The molecule has 0 aliphatic heterocycles. The Labute approximate surface area is 99.0 Å². The van der Waals surface area contributed by atoms with E-state index in [1.807, 2.05) is 6.07 Å². The normalized spacial score (nSPS) is 12.5. The van der Waals surface area contributed by atoms with Crippen LogP contribution in [0.4, 0.5) is 0 Å². The Hall–Kier alpha value is -1.02. The van der Waals surface area contributed by atoms with Gasteiger partial charge in [-0.2, -0.15) is 0 Å². The van der Waals surface area contributed by atoms with Gasteiger partial charge < -0.3 is 10.1 Å². The van der Waals surface area contributed by atoms with Crippen LogP contribution in [0.5, 0.6) is 5.75 Å². The van der Waals surface area contributed by atoms with Gasteiger partial charge in [0.2, 0.25) is 0 Å². The van der Waals surface area contributed by atoms with E-state index in [0.717, 1.165) is 18.9 Å².